The third-order valence-corrected chi connectivity index (χ3v) is 13.2. The van der Waals surface area contributed by atoms with Gasteiger partial charge in [0.15, 0.2) is 0 Å². The van der Waals surface area contributed by atoms with Crippen molar-refractivity contribution in [1.82, 2.24) is 4.57 Å². The number of nitrogens with zero attached hydrogens (tertiary/aromatic N) is 3. The van der Waals surface area contributed by atoms with Crippen LogP contribution >= 0.6 is 0 Å². The van der Waals surface area contributed by atoms with Gasteiger partial charge in [-0.15, -0.1) is 0 Å². The number of rotatable bonds is 7. The number of para-hydroxylation sites is 2. The topological polar surface area (TPSA) is 19.0 Å². The summed E-state index contributed by atoms with van der Waals surface area (Å²) < 4.78 is 15.4. The van der Waals surface area contributed by atoms with Gasteiger partial charge in [0.2, 0.25) is 0 Å². The Bertz CT molecular complexity index is 1730. The Morgan fingerprint density at radius 2 is 1.13 bits per heavy atom. The maximum Gasteiger partial charge on any atom is 0.624 e. The minimum Gasteiger partial charge on any atom is -0.491 e. The zero-order chi connectivity index (χ0) is 32.9. The first-order valence-corrected chi connectivity index (χ1v) is 18.6. The van der Waals surface area contributed by atoms with E-state index in [1.165, 1.54) is 33.6 Å². The Kier molecular flexibility index (Phi) is 8.41. The van der Waals surface area contributed by atoms with Crippen molar-refractivity contribution in [3.8, 4) is 0 Å². The van der Waals surface area contributed by atoms with Crippen LogP contribution in [0.2, 0.25) is 0 Å². The van der Waals surface area contributed by atoms with Gasteiger partial charge in [-0.3, -0.25) is 0 Å². The van der Waals surface area contributed by atoms with E-state index in [-0.39, 0.29) is 0 Å². The fraction of sp³-hybridized carbons (Fsp3) is 0.317. The maximum absolute atomic E-state index is 7.83. The lowest BCUT2D eigenvalue weighted by molar-refractivity contribution is 0.459. The first-order valence-electron chi connectivity index (χ1n) is 16.8. The quantitative estimate of drug-likeness (QED) is 0.243. The molecule has 46 heavy (non-hydrogen) atoms. The molecule has 3 aliphatic heterocycles. The standard InChI is InChI=1S/C41H49N3OSi/c1-27(2)34-20-16-21-35(28(3)4)39(34)43-31(9)26-32(10)44(40-36(29(5)6)22-17-23-37(40)30(7)8)46(43)42-25-15-14-24-38(42)41(45-46)33-18-12-11-13-19-33/h11-30H,9H2,1-8,10H3. The minimum absolute atomic E-state index is 0.307. The van der Waals surface area contributed by atoms with Crippen LogP contribution in [0, 0.1) is 0 Å². The van der Waals surface area contributed by atoms with E-state index in [1.807, 2.05) is 0 Å². The Hall–Kier alpha value is -4.22. The highest BCUT2D eigenvalue weighted by atomic mass is 28.4. The maximum atomic E-state index is 7.83. The molecule has 1 atom stereocenters. The third-order valence-electron chi connectivity index (χ3n) is 9.41. The van der Waals surface area contributed by atoms with Crippen LogP contribution in [0.1, 0.15) is 114 Å². The largest absolute Gasteiger partial charge is 0.624 e. The molecule has 0 aliphatic carbocycles. The van der Waals surface area contributed by atoms with Crippen LogP contribution in [0.5, 0.6) is 0 Å². The van der Waals surface area contributed by atoms with E-state index < -0.39 is 8.80 Å². The SMILES string of the molecule is C=C1C=C(C)N(c2c(C(C)C)cccc2C(C)C)[Si]2(OC(c3ccccc3)=C3C=CC=CN32)N1c1c(C(C)C)cccc1C(C)C. The smallest absolute Gasteiger partial charge is 0.491 e. The first-order chi connectivity index (χ1) is 22.0. The molecule has 4 nitrogen and oxygen atoms in total. The van der Waals surface area contributed by atoms with Gasteiger partial charge >= 0.3 is 8.80 Å². The molecule has 0 N–H and O–H groups in total. The molecule has 0 saturated heterocycles. The van der Waals surface area contributed by atoms with Crippen LogP contribution in [-0.4, -0.2) is 13.4 Å². The van der Waals surface area contributed by atoms with E-state index in [9.17, 15) is 0 Å². The molecule has 6 rings (SSSR count). The number of allylic oxidation sites excluding steroid dienone is 5. The average molecular weight is 628 g/mol. The van der Waals surface area contributed by atoms with Crippen LogP contribution in [-0.2, 0) is 4.43 Å². The molecule has 238 valence electrons. The van der Waals surface area contributed by atoms with Crippen molar-refractivity contribution in [1.29, 1.82) is 0 Å². The van der Waals surface area contributed by atoms with Crippen molar-refractivity contribution >= 4 is 25.9 Å². The Morgan fingerprint density at radius 1 is 0.630 bits per heavy atom. The normalized spacial score (nSPS) is 19.4. The van der Waals surface area contributed by atoms with E-state index in [1.54, 1.807) is 0 Å². The summed E-state index contributed by atoms with van der Waals surface area (Å²) in [6.07, 6.45) is 11.0. The fourth-order valence-corrected chi connectivity index (χ4v) is 11.5. The second-order valence-corrected chi connectivity index (χ2v) is 16.7. The van der Waals surface area contributed by atoms with Crippen molar-refractivity contribution in [2.75, 3.05) is 9.13 Å². The number of benzene rings is 3. The van der Waals surface area contributed by atoms with Crippen LogP contribution in [0.25, 0.3) is 5.76 Å². The molecule has 0 radical (unpaired) electrons. The van der Waals surface area contributed by atoms with Crippen molar-refractivity contribution in [2.24, 2.45) is 0 Å². The molecular formula is C41H49N3OSi. The van der Waals surface area contributed by atoms with Crippen molar-refractivity contribution in [2.45, 2.75) is 86.0 Å². The lowest BCUT2D eigenvalue weighted by atomic mass is 9.92. The predicted molar refractivity (Wildman–Crippen MR) is 197 cm³/mol. The van der Waals surface area contributed by atoms with Crippen molar-refractivity contribution < 1.29 is 4.43 Å². The Morgan fingerprint density at radius 3 is 1.63 bits per heavy atom. The molecule has 5 heteroatoms. The van der Waals surface area contributed by atoms with Gasteiger partial charge in [-0.1, -0.05) is 135 Å². The molecule has 3 aromatic rings. The second kappa shape index (κ2) is 12.2. The van der Waals surface area contributed by atoms with Gasteiger partial charge in [0.1, 0.15) is 5.76 Å². The molecule has 0 aromatic heterocycles. The Balaban J connectivity index is 1.77. The van der Waals surface area contributed by atoms with E-state index in [2.05, 4.69) is 173 Å². The van der Waals surface area contributed by atoms with Crippen LogP contribution in [0.4, 0.5) is 11.4 Å². The monoisotopic (exact) mass is 627 g/mol. The van der Waals surface area contributed by atoms with Crippen molar-refractivity contribution in [3.05, 3.63) is 149 Å². The Labute approximate surface area is 278 Å². The van der Waals surface area contributed by atoms with Crippen LogP contribution < -0.4 is 9.13 Å². The zero-order valence-electron chi connectivity index (χ0n) is 29.0. The van der Waals surface area contributed by atoms with Gasteiger partial charge in [0.25, 0.3) is 0 Å². The molecular weight excluding hydrogens is 579 g/mol. The van der Waals surface area contributed by atoms with E-state index in [0.29, 0.717) is 23.7 Å². The number of fused-ring (bicyclic) bond motifs is 2. The molecule has 1 unspecified atom stereocenters. The molecule has 0 bridgehead atoms. The van der Waals surface area contributed by atoms with Gasteiger partial charge in [-0.25, -0.2) is 0 Å². The first kappa shape index (κ1) is 31.7. The summed E-state index contributed by atoms with van der Waals surface area (Å²) in [5, 5.41) is 0. The second-order valence-electron chi connectivity index (χ2n) is 14.0. The van der Waals surface area contributed by atoms with Gasteiger partial charge in [0.05, 0.1) is 5.70 Å². The van der Waals surface area contributed by atoms with E-state index >= 15 is 0 Å². The van der Waals surface area contributed by atoms with E-state index in [0.717, 1.165) is 28.4 Å². The minimum atomic E-state index is -3.48. The summed E-state index contributed by atoms with van der Waals surface area (Å²) >= 11 is 0. The summed E-state index contributed by atoms with van der Waals surface area (Å²) in [5.41, 5.74) is 12.0. The summed E-state index contributed by atoms with van der Waals surface area (Å²) in [5.74, 6) is 2.16. The molecule has 3 aliphatic rings. The third kappa shape index (κ3) is 4.96. The van der Waals surface area contributed by atoms with Crippen LogP contribution in [0.3, 0.4) is 0 Å². The van der Waals surface area contributed by atoms with Gasteiger partial charge in [-0.05, 0) is 71.1 Å². The number of hydrogen-bond donors (Lipinski definition) is 0. The highest BCUT2D eigenvalue weighted by molar-refractivity contribution is 6.82. The molecule has 0 amide bonds. The van der Waals surface area contributed by atoms with E-state index in [4.69, 9.17) is 11.0 Å². The molecule has 3 heterocycles. The fourth-order valence-electron chi connectivity index (χ4n) is 7.26. The lowest BCUT2D eigenvalue weighted by Gasteiger charge is -2.54. The summed E-state index contributed by atoms with van der Waals surface area (Å²) in [6, 6.07) is 24.3. The van der Waals surface area contributed by atoms with Gasteiger partial charge in [0, 0.05) is 34.5 Å². The van der Waals surface area contributed by atoms with Gasteiger partial charge in [-0.2, -0.15) is 0 Å². The zero-order valence-corrected chi connectivity index (χ0v) is 30.0. The molecule has 0 fully saturated rings. The molecule has 3 aromatic carbocycles. The lowest BCUT2D eigenvalue weighted by Crippen LogP contribution is -2.75. The highest BCUT2D eigenvalue weighted by Gasteiger charge is 2.67. The molecule has 0 saturated carbocycles. The molecule has 1 spiro atoms. The highest BCUT2D eigenvalue weighted by Crippen LogP contribution is 2.53. The van der Waals surface area contributed by atoms with Gasteiger partial charge < -0.3 is 18.1 Å². The van der Waals surface area contributed by atoms with Crippen molar-refractivity contribution in [3.63, 3.8) is 0 Å². The summed E-state index contributed by atoms with van der Waals surface area (Å²) in [6.45, 7) is 25.5. The van der Waals surface area contributed by atoms with Crippen LogP contribution in [0.15, 0.2) is 121 Å². The predicted octanol–water partition coefficient (Wildman–Crippen LogP) is 11.1. The number of hydrogen-bond acceptors (Lipinski definition) is 4. The summed E-state index contributed by atoms with van der Waals surface area (Å²) in [7, 11) is -3.48. The average Bonchev–Trinajstić information content (AvgIpc) is 3.36. The number of anilines is 2. The summed E-state index contributed by atoms with van der Waals surface area (Å²) in [4.78, 5) is 0.